The maximum Gasteiger partial charge on any atom is 0.166 e. The van der Waals surface area contributed by atoms with E-state index in [9.17, 15) is 24.9 Å². The van der Waals surface area contributed by atoms with Crippen LogP contribution in [0.15, 0.2) is 11.6 Å². The Morgan fingerprint density at radius 2 is 1.00 bits per heavy atom. The number of aliphatic hydroxyl groups excluding tert-OH is 2. The maximum absolute atomic E-state index is 11.9. The fourth-order valence-corrected chi connectivity index (χ4v) is 5.23. The van der Waals surface area contributed by atoms with Crippen molar-refractivity contribution in [3.8, 4) is 0 Å². The number of unbranched alkanes of at least 4 members (excludes halogenated alkanes) is 19. The largest absolute Gasteiger partial charge is 0.549 e. The second kappa shape index (κ2) is 27.0. The van der Waals surface area contributed by atoms with Gasteiger partial charge < -0.3 is 20.1 Å². The molecule has 5 nitrogen and oxygen atoms in total. The molecule has 0 radical (unpaired) electrons. The van der Waals surface area contributed by atoms with Gasteiger partial charge in [0.25, 0.3) is 0 Å². The van der Waals surface area contributed by atoms with Crippen molar-refractivity contribution in [3.63, 3.8) is 0 Å². The lowest BCUT2D eigenvalue weighted by atomic mass is 9.98. The Balaban J connectivity index is 3.48. The molecule has 0 rings (SSSR count). The molecule has 0 spiro atoms. The molecule has 3 atom stereocenters. The zero-order valence-electron chi connectivity index (χ0n) is 25.9. The van der Waals surface area contributed by atoms with Crippen molar-refractivity contribution in [2.24, 2.45) is 5.92 Å². The van der Waals surface area contributed by atoms with Gasteiger partial charge in [-0.3, -0.25) is 4.79 Å². The molecule has 0 bridgehead atoms. The fraction of sp³-hybridized carbons (Fsp3) is 0.882. The van der Waals surface area contributed by atoms with Gasteiger partial charge in [-0.2, -0.15) is 0 Å². The highest BCUT2D eigenvalue weighted by atomic mass is 16.4. The third kappa shape index (κ3) is 24.3. The number of hydrogen-bond acceptors (Lipinski definition) is 5. The van der Waals surface area contributed by atoms with Crippen molar-refractivity contribution in [2.75, 3.05) is 0 Å². The van der Waals surface area contributed by atoms with Crippen LogP contribution in [0.25, 0.3) is 0 Å². The highest BCUT2D eigenvalue weighted by Crippen LogP contribution is 2.17. The summed E-state index contributed by atoms with van der Waals surface area (Å²) in [5, 5.41) is 31.2. The molecule has 0 aromatic heterocycles. The smallest absolute Gasteiger partial charge is 0.166 e. The lowest BCUT2D eigenvalue weighted by Gasteiger charge is -2.15. The fourth-order valence-electron chi connectivity index (χ4n) is 5.23. The minimum absolute atomic E-state index is 0.391. The molecular weight excluding hydrogens is 488 g/mol. The molecule has 230 valence electrons. The number of aliphatic hydroxyl groups is 2. The van der Waals surface area contributed by atoms with Gasteiger partial charge in [0.1, 0.15) is 0 Å². The molecule has 0 amide bonds. The maximum atomic E-state index is 11.9. The number of carbonyl (C=O) groups is 2. The highest BCUT2D eigenvalue weighted by Gasteiger charge is 2.15. The average molecular weight is 552 g/mol. The van der Waals surface area contributed by atoms with Gasteiger partial charge in [-0.15, -0.1) is 0 Å². The van der Waals surface area contributed by atoms with Gasteiger partial charge in [-0.25, -0.2) is 0 Å². The lowest BCUT2D eigenvalue weighted by molar-refractivity contribution is -0.309. The van der Waals surface area contributed by atoms with E-state index in [4.69, 9.17) is 0 Å². The number of carboxylic acid groups (broad SMARTS) is 1. The third-order valence-corrected chi connectivity index (χ3v) is 8.01. The Morgan fingerprint density at radius 3 is 1.38 bits per heavy atom. The first-order valence-electron chi connectivity index (χ1n) is 16.6. The minimum Gasteiger partial charge on any atom is -0.549 e. The van der Waals surface area contributed by atoms with Crippen LogP contribution in [0, 0.1) is 5.92 Å². The van der Waals surface area contributed by atoms with Gasteiger partial charge in [0.15, 0.2) is 5.78 Å². The zero-order valence-corrected chi connectivity index (χ0v) is 25.9. The van der Waals surface area contributed by atoms with Gasteiger partial charge in [0, 0.05) is 0 Å². The average Bonchev–Trinajstić information content (AvgIpc) is 2.91. The third-order valence-electron chi connectivity index (χ3n) is 8.01. The predicted molar refractivity (Wildman–Crippen MR) is 161 cm³/mol. The zero-order chi connectivity index (χ0) is 29.1. The summed E-state index contributed by atoms with van der Waals surface area (Å²) in [6.45, 7) is 5.23. The molecule has 0 saturated carbocycles. The van der Waals surface area contributed by atoms with Crippen LogP contribution in [-0.2, 0) is 9.59 Å². The molecular formula is C34H63O5-. The Labute approximate surface area is 241 Å². The van der Waals surface area contributed by atoms with Crippen LogP contribution in [0.1, 0.15) is 175 Å². The number of Topliss-reactive ketones (excluding diaryl/α,β-unsaturated/α-hetero) is 1. The summed E-state index contributed by atoms with van der Waals surface area (Å²) in [4.78, 5) is 22.7. The highest BCUT2D eigenvalue weighted by molar-refractivity contribution is 6.06. The van der Waals surface area contributed by atoms with Gasteiger partial charge in [0.2, 0.25) is 0 Å². The predicted octanol–water partition coefficient (Wildman–Crippen LogP) is 7.99. The summed E-state index contributed by atoms with van der Waals surface area (Å²) in [6, 6.07) is 0. The topological polar surface area (TPSA) is 97.7 Å². The molecule has 0 heterocycles. The van der Waals surface area contributed by atoms with Crippen LogP contribution in [0.2, 0.25) is 0 Å². The van der Waals surface area contributed by atoms with E-state index in [1.54, 1.807) is 13.0 Å². The van der Waals surface area contributed by atoms with E-state index in [1.807, 2.05) is 0 Å². The second-order valence-electron chi connectivity index (χ2n) is 11.9. The normalized spacial score (nSPS) is 14.3. The van der Waals surface area contributed by atoms with Crippen molar-refractivity contribution in [1.29, 1.82) is 0 Å². The first-order valence-corrected chi connectivity index (χ1v) is 16.6. The van der Waals surface area contributed by atoms with Crippen molar-refractivity contribution >= 4 is 11.8 Å². The second-order valence-corrected chi connectivity index (χ2v) is 11.9. The quantitative estimate of drug-likeness (QED) is 0.0558. The van der Waals surface area contributed by atoms with Crippen molar-refractivity contribution in [2.45, 2.75) is 187 Å². The van der Waals surface area contributed by atoms with Crippen LogP contribution in [0.4, 0.5) is 0 Å². The minimum atomic E-state index is -1.36. The molecule has 0 aromatic rings. The summed E-state index contributed by atoms with van der Waals surface area (Å²) in [5.74, 6) is -2.92. The summed E-state index contributed by atoms with van der Waals surface area (Å²) in [6.07, 6.45) is 29.4. The number of rotatable bonds is 29. The monoisotopic (exact) mass is 551 g/mol. The van der Waals surface area contributed by atoms with E-state index in [-0.39, 0.29) is 0 Å². The first-order chi connectivity index (χ1) is 18.8. The molecule has 0 aromatic carbocycles. The van der Waals surface area contributed by atoms with Crippen LogP contribution >= 0.6 is 0 Å². The number of carbonyl (C=O) groups excluding carboxylic acids is 2. The van der Waals surface area contributed by atoms with E-state index >= 15 is 0 Å². The van der Waals surface area contributed by atoms with Gasteiger partial charge in [-0.05, 0) is 51.5 Å². The lowest BCUT2D eigenvalue weighted by Crippen LogP contribution is -2.34. The van der Waals surface area contributed by atoms with Crippen LogP contribution in [-0.4, -0.2) is 34.2 Å². The molecule has 0 fully saturated rings. The SMILES string of the molecule is CCCCCCCCCCCCCCCCCCCCC[C@@H](O)C[C@H](O)CCC/C=C(\C)C(=O)C(C)C(=O)[O-]. The summed E-state index contributed by atoms with van der Waals surface area (Å²) < 4.78 is 0. The van der Waals surface area contributed by atoms with Crippen molar-refractivity contribution < 1.29 is 24.9 Å². The van der Waals surface area contributed by atoms with Gasteiger partial charge in [0.05, 0.1) is 24.1 Å². The number of allylic oxidation sites excluding steroid dienone is 2. The van der Waals surface area contributed by atoms with E-state index in [0.29, 0.717) is 31.3 Å². The Bertz CT molecular complexity index is 615. The van der Waals surface area contributed by atoms with Crippen molar-refractivity contribution in [1.82, 2.24) is 0 Å². The van der Waals surface area contributed by atoms with E-state index < -0.39 is 29.9 Å². The molecule has 0 aliphatic rings. The number of ketones is 1. The van der Waals surface area contributed by atoms with Crippen LogP contribution in [0.5, 0.6) is 0 Å². The molecule has 1 unspecified atom stereocenters. The summed E-state index contributed by atoms with van der Waals surface area (Å²) in [7, 11) is 0. The molecule has 39 heavy (non-hydrogen) atoms. The van der Waals surface area contributed by atoms with Crippen LogP contribution in [0.3, 0.4) is 0 Å². The number of carboxylic acids is 1. The van der Waals surface area contributed by atoms with Crippen molar-refractivity contribution in [3.05, 3.63) is 11.6 Å². The van der Waals surface area contributed by atoms with E-state index in [0.717, 1.165) is 19.3 Å². The molecule has 5 heteroatoms. The number of aliphatic carboxylic acids is 1. The Morgan fingerprint density at radius 1 is 0.641 bits per heavy atom. The molecule has 0 aliphatic carbocycles. The van der Waals surface area contributed by atoms with Gasteiger partial charge in [-0.1, -0.05) is 135 Å². The van der Waals surface area contributed by atoms with E-state index in [1.165, 1.54) is 116 Å². The Hall–Kier alpha value is -1.20. The van der Waals surface area contributed by atoms with Gasteiger partial charge >= 0.3 is 0 Å². The van der Waals surface area contributed by atoms with E-state index in [2.05, 4.69) is 6.92 Å². The standard InChI is InChI=1S/C34H64O5/c1-4-5-6-7-8-9-10-11-12-13-14-15-16-17-18-19-20-21-22-26-31(35)28-32(36)27-24-23-25-29(2)33(37)30(3)34(38)39/h25,30-32,35-36H,4-24,26-28H2,1-3H3,(H,38,39)/p-1/b29-25+/t30?,31-,32-/m1/s1. The Kier molecular flexibility index (Phi) is 26.2. The molecule has 0 saturated heterocycles. The summed E-state index contributed by atoms with van der Waals surface area (Å²) >= 11 is 0. The first kappa shape index (κ1) is 37.8. The molecule has 2 N–H and O–H groups in total. The van der Waals surface area contributed by atoms with Crippen LogP contribution < -0.4 is 5.11 Å². The number of hydrogen-bond donors (Lipinski definition) is 2. The summed E-state index contributed by atoms with van der Waals surface area (Å²) in [5.41, 5.74) is 0.422. The molecule has 0 aliphatic heterocycles.